The molecule has 1 aromatic heterocycles. The molecule has 0 fully saturated rings. The van der Waals surface area contributed by atoms with E-state index in [1.165, 1.54) is 12.5 Å². The van der Waals surface area contributed by atoms with Gasteiger partial charge in [-0.3, -0.25) is 4.79 Å². The Balaban J connectivity index is 2.10. The highest BCUT2D eigenvalue weighted by molar-refractivity contribution is 5.94. The van der Waals surface area contributed by atoms with E-state index in [2.05, 4.69) is 4.98 Å². The molecule has 0 amide bonds. The molecule has 0 spiro atoms. The minimum Gasteiger partial charge on any atom is -0.487 e. The van der Waals surface area contributed by atoms with Gasteiger partial charge in [-0.25, -0.2) is 4.98 Å². The quantitative estimate of drug-likeness (QED) is 0.772. The molecule has 18 heavy (non-hydrogen) atoms. The average molecular weight is 241 g/mol. The number of rotatable bonds is 4. The van der Waals surface area contributed by atoms with Crippen LogP contribution in [0.4, 0.5) is 0 Å². The number of hydrogen-bond acceptors (Lipinski definition) is 3. The van der Waals surface area contributed by atoms with E-state index < -0.39 is 0 Å². The highest BCUT2D eigenvalue weighted by Crippen LogP contribution is 2.17. The number of carbonyl (C=O) groups is 1. The summed E-state index contributed by atoms with van der Waals surface area (Å²) < 4.78 is 5.64. The number of aryl methyl sites for hydroxylation is 1. The molecule has 2 rings (SSSR count). The molecule has 0 unspecified atom stereocenters. The molecule has 0 aliphatic rings. The second kappa shape index (κ2) is 5.45. The fraction of sp³-hybridized carbons (Fsp3) is 0.200. The van der Waals surface area contributed by atoms with Gasteiger partial charge in [-0.1, -0.05) is 29.8 Å². The summed E-state index contributed by atoms with van der Waals surface area (Å²) in [5, 5.41) is 0. The average Bonchev–Trinajstić information content (AvgIpc) is 2.38. The Hall–Kier alpha value is -2.16. The maximum atomic E-state index is 11.4. The van der Waals surface area contributed by atoms with Crippen molar-refractivity contribution in [3.63, 3.8) is 0 Å². The molecule has 0 saturated carbocycles. The van der Waals surface area contributed by atoms with Gasteiger partial charge in [0.15, 0.2) is 5.78 Å². The molecule has 0 saturated heterocycles. The van der Waals surface area contributed by atoms with Gasteiger partial charge in [0.2, 0.25) is 0 Å². The number of aromatic nitrogens is 1. The summed E-state index contributed by atoms with van der Waals surface area (Å²) in [5.74, 6) is 0.445. The van der Waals surface area contributed by atoms with Gasteiger partial charge >= 0.3 is 0 Å². The van der Waals surface area contributed by atoms with Crippen LogP contribution in [0, 0.1) is 6.92 Å². The maximum Gasteiger partial charge on any atom is 0.181 e. The van der Waals surface area contributed by atoms with E-state index in [0.717, 1.165) is 5.56 Å². The molecule has 3 heteroatoms. The van der Waals surface area contributed by atoms with E-state index >= 15 is 0 Å². The molecule has 92 valence electrons. The lowest BCUT2D eigenvalue weighted by Crippen LogP contribution is -2.03. The van der Waals surface area contributed by atoms with E-state index in [1.807, 2.05) is 31.2 Å². The van der Waals surface area contributed by atoms with Crippen molar-refractivity contribution in [1.29, 1.82) is 0 Å². The van der Waals surface area contributed by atoms with Crippen LogP contribution in [-0.4, -0.2) is 10.8 Å². The van der Waals surface area contributed by atoms with Gasteiger partial charge in [0.1, 0.15) is 18.1 Å². The Morgan fingerprint density at radius 3 is 2.61 bits per heavy atom. The number of ether oxygens (including phenoxy) is 1. The summed E-state index contributed by atoms with van der Waals surface area (Å²) in [6.07, 6.45) is 1.59. The molecule has 1 heterocycles. The van der Waals surface area contributed by atoms with Crippen LogP contribution in [-0.2, 0) is 6.61 Å². The third kappa shape index (κ3) is 2.94. The zero-order valence-electron chi connectivity index (χ0n) is 10.5. The summed E-state index contributed by atoms with van der Waals surface area (Å²) in [7, 11) is 0. The van der Waals surface area contributed by atoms with Crippen LogP contribution >= 0.6 is 0 Å². The largest absolute Gasteiger partial charge is 0.487 e. The lowest BCUT2D eigenvalue weighted by Gasteiger charge is -2.08. The van der Waals surface area contributed by atoms with Gasteiger partial charge < -0.3 is 4.74 Å². The predicted octanol–water partition coefficient (Wildman–Crippen LogP) is 3.17. The Labute approximate surface area is 106 Å². The first-order valence-electron chi connectivity index (χ1n) is 5.81. The molecular formula is C15H15NO2. The third-order valence-electron chi connectivity index (χ3n) is 2.62. The Kier molecular flexibility index (Phi) is 3.72. The minimum absolute atomic E-state index is 0.0884. The number of benzene rings is 1. The van der Waals surface area contributed by atoms with Gasteiger partial charge in [-0.05, 0) is 24.6 Å². The van der Waals surface area contributed by atoms with Gasteiger partial charge in [-0.2, -0.15) is 0 Å². The molecule has 0 radical (unpaired) electrons. The minimum atomic E-state index is -0.0884. The molecule has 0 atom stereocenters. The topological polar surface area (TPSA) is 39.2 Å². The fourth-order valence-electron chi connectivity index (χ4n) is 1.62. The first-order valence-corrected chi connectivity index (χ1v) is 5.81. The summed E-state index contributed by atoms with van der Waals surface area (Å²) >= 11 is 0. The second-order valence-corrected chi connectivity index (χ2v) is 4.18. The number of hydrogen-bond donors (Lipinski definition) is 0. The van der Waals surface area contributed by atoms with Crippen molar-refractivity contribution >= 4 is 5.78 Å². The Morgan fingerprint density at radius 1 is 1.22 bits per heavy atom. The van der Waals surface area contributed by atoms with Crippen LogP contribution < -0.4 is 4.74 Å². The van der Waals surface area contributed by atoms with Crippen molar-refractivity contribution in [2.45, 2.75) is 20.5 Å². The SMILES string of the molecule is CC(=O)c1ncccc1OCc1ccc(C)cc1. The highest BCUT2D eigenvalue weighted by atomic mass is 16.5. The lowest BCUT2D eigenvalue weighted by molar-refractivity contribution is 0.100. The smallest absolute Gasteiger partial charge is 0.181 e. The molecule has 0 bridgehead atoms. The predicted molar refractivity (Wildman–Crippen MR) is 69.8 cm³/mol. The van der Waals surface area contributed by atoms with Crippen LogP contribution in [0.2, 0.25) is 0 Å². The lowest BCUT2D eigenvalue weighted by atomic mass is 10.2. The van der Waals surface area contributed by atoms with Gasteiger partial charge in [0.05, 0.1) is 0 Å². The first-order chi connectivity index (χ1) is 8.66. The Morgan fingerprint density at radius 2 is 1.94 bits per heavy atom. The zero-order chi connectivity index (χ0) is 13.0. The van der Waals surface area contributed by atoms with Crippen molar-refractivity contribution in [1.82, 2.24) is 4.98 Å². The number of Topliss-reactive ketones (excluding diaryl/α,β-unsaturated/α-hetero) is 1. The van der Waals surface area contributed by atoms with Gasteiger partial charge in [-0.15, -0.1) is 0 Å². The number of carbonyl (C=O) groups excluding carboxylic acids is 1. The summed E-state index contributed by atoms with van der Waals surface area (Å²) in [4.78, 5) is 15.4. The monoisotopic (exact) mass is 241 g/mol. The summed E-state index contributed by atoms with van der Waals surface area (Å²) in [6, 6.07) is 11.6. The van der Waals surface area contributed by atoms with Crippen molar-refractivity contribution < 1.29 is 9.53 Å². The van der Waals surface area contributed by atoms with Crippen LogP contribution in [0.25, 0.3) is 0 Å². The fourth-order valence-corrected chi connectivity index (χ4v) is 1.62. The van der Waals surface area contributed by atoms with Crippen LogP contribution in [0.3, 0.4) is 0 Å². The van der Waals surface area contributed by atoms with Crippen LogP contribution in [0.15, 0.2) is 42.6 Å². The van der Waals surface area contributed by atoms with E-state index in [1.54, 1.807) is 18.3 Å². The van der Waals surface area contributed by atoms with Crippen molar-refractivity contribution in [3.05, 3.63) is 59.4 Å². The Bertz CT molecular complexity index is 547. The number of pyridine rings is 1. The van der Waals surface area contributed by atoms with Crippen molar-refractivity contribution in [3.8, 4) is 5.75 Å². The van der Waals surface area contributed by atoms with Gasteiger partial charge in [0, 0.05) is 13.1 Å². The molecule has 0 N–H and O–H groups in total. The van der Waals surface area contributed by atoms with E-state index in [0.29, 0.717) is 18.1 Å². The van der Waals surface area contributed by atoms with E-state index in [4.69, 9.17) is 4.74 Å². The molecule has 3 nitrogen and oxygen atoms in total. The standard InChI is InChI=1S/C15H15NO2/c1-11-5-7-13(8-6-11)10-18-14-4-3-9-16-15(14)12(2)17/h3-9H,10H2,1-2H3. The van der Waals surface area contributed by atoms with Crippen LogP contribution in [0.5, 0.6) is 5.75 Å². The van der Waals surface area contributed by atoms with E-state index in [9.17, 15) is 4.79 Å². The summed E-state index contributed by atoms with van der Waals surface area (Å²) in [6.45, 7) is 3.97. The molecule has 1 aromatic carbocycles. The van der Waals surface area contributed by atoms with Crippen LogP contribution in [0.1, 0.15) is 28.5 Å². The molecule has 0 aliphatic heterocycles. The van der Waals surface area contributed by atoms with E-state index in [-0.39, 0.29) is 5.78 Å². The number of nitrogens with zero attached hydrogens (tertiary/aromatic N) is 1. The summed E-state index contributed by atoms with van der Waals surface area (Å²) in [5.41, 5.74) is 2.66. The first kappa shape index (κ1) is 12.3. The maximum absolute atomic E-state index is 11.4. The molecular weight excluding hydrogens is 226 g/mol. The molecule has 2 aromatic rings. The highest BCUT2D eigenvalue weighted by Gasteiger charge is 2.09. The third-order valence-corrected chi connectivity index (χ3v) is 2.62. The van der Waals surface area contributed by atoms with Crippen molar-refractivity contribution in [2.24, 2.45) is 0 Å². The second-order valence-electron chi connectivity index (χ2n) is 4.18. The number of ketones is 1. The van der Waals surface area contributed by atoms with Crippen molar-refractivity contribution in [2.75, 3.05) is 0 Å². The molecule has 0 aliphatic carbocycles. The van der Waals surface area contributed by atoms with Gasteiger partial charge in [0.25, 0.3) is 0 Å². The normalized spacial score (nSPS) is 10.1. The zero-order valence-corrected chi connectivity index (χ0v) is 10.5.